The standard InChI is InChI=1S/C17H20N2O2/c1-4-5-10-18-13-8-6-7-12-14(13)19(16(21)15(18)20)11-9-17(12,2)3/h4-8H,9-11H2,1-3H3. The Morgan fingerprint density at radius 2 is 2.00 bits per heavy atom. The number of aromatic nitrogens is 2. The van der Waals surface area contributed by atoms with Crippen LogP contribution in [0.4, 0.5) is 0 Å². The van der Waals surface area contributed by atoms with Crippen molar-refractivity contribution in [1.82, 2.24) is 9.13 Å². The summed E-state index contributed by atoms with van der Waals surface area (Å²) in [5.74, 6) is 0. The third-order valence-electron chi connectivity index (χ3n) is 4.46. The lowest BCUT2D eigenvalue weighted by Gasteiger charge is -2.33. The monoisotopic (exact) mass is 284 g/mol. The second-order valence-corrected chi connectivity index (χ2v) is 6.25. The molecular weight excluding hydrogens is 264 g/mol. The Kier molecular flexibility index (Phi) is 3.12. The number of hydrogen-bond donors (Lipinski definition) is 0. The summed E-state index contributed by atoms with van der Waals surface area (Å²) in [4.78, 5) is 24.8. The highest BCUT2D eigenvalue weighted by Gasteiger charge is 2.30. The minimum absolute atomic E-state index is 0.0226. The molecular formula is C17H20N2O2. The average Bonchev–Trinajstić information content (AvgIpc) is 2.46. The van der Waals surface area contributed by atoms with E-state index in [4.69, 9.17) is 0 Å². The highest BCUT2D eigenvalue weighted by Crippen LogP contribution is 2.36. The highest BCUT2D eigenvalue weighted by atomic mass is 16.2. The van der Waals surface area contributed by atoms with Crippen LogP contribution in [0.2, 0.25) is 0 Å². The molecule has 1 aromatic carbocycles. The van der Waals surface area contributed by atoms with E-state index in [1.165, 1.54) is 0 Å². The van der Waals surface area contributed by atoms with Gasteiger partial charge in [-0.15, -0.1) is 0 Å². The highest BCUT2D eigenvalue weighted by molar-refractivity contribution is 5.81. The zero-order valence-electron chi connectivity index (χ0n) is 12.7. The van der Waals surface area contributed by atoms with Crippen LogP contribution < -0.4 is 11.1 Å². The number of hydrogen-bond acceptors (Lipinski definition) is 2. The van der Waals surface area contributed by atoms with E-state index in [9.17, 15) is 9.59 Å². The first kappa shape index (κ1) is 13.9. The van der Waals surface area contributed by atoms with Crippen LogP contribution in [0.15, 0.2) is 39.9 Å². The summed E-state index contributed by atoms with van der Waals surface area (Å²) < 4.78 is 3.24. The molecule has 4 heteroatoms. The normalized spacial score (nSPS) is 16.7. The largest absolute Gasteiger partial charge is 0.317 e. The Hall–Kier alpha value is -2.10. The van der Waals surface area contributed by atoms with Crippen molar-refractivity contribution in [2.75, 3.05) is 0 Å². The summed E-state index contributed by atoms with van der Waals surface area (Å²) in [5.41, 5.74) is 2.10. The fourth-order valence-corrected chi connectivity index (χ4v) is 3.15. The summed E-state index contributed by atoms with van der Waals surface area (Å²) in [6.07, 6.45) is 4.66. The summed E-state index contributed by atoms with van der Waals surface area (Å²) in [6.45, 7) is 7.34. The van der Waals surface area contributed by atoms with Crippen molar-refractivity contribution < 1.29 is 0 Å². The first-order chi connectivity index (χ1) is 9.97. The van der Waals surface area contributed by atoms with Crippen LogP contribution >= 0.6 is 0 Å². The minimum atomic E-state index is -0.433. The van der Waals surface area contributed by atoms with E-state index >= 15 is 0 Å². The van der Waals surface area contributed by atoms with Crippen molar-refractivity contribution in [3.05, 3.63) is 56.6 Å². The van der Waals surface area contributed by atoms with Gasteiger partial charge in [-0.05, 0) is 30.4 Å². The van der Waals surface area contributed by atoms with Crippen LogP contribution in [-0.2, 0) is 18.5 Å². The van der Waals surface area contributed by atoms with Gasteiger partial charge in [-0.25, -0.2) is 0 Å². The van der Waals surface area contributed by atoms with E-state index in [2.05, 4.69) is 19.9 Å². The molecule has 0 fully saturated rings. The molecule has 1 aromatic heterocycles. The predicted octanol–water partition coefficient (Wildman–Crippen LogP) is 2.42. The Bertz CT molecular complexity index is 853. The van der Waals surface area contributed by atoms with Crippen LogP contribution in [0.3, 0.4) is 0 Å². The molecule has 1 aliphatic heterocycles. The number of rotatable bonds is 2. The first-order valence-electron chi connectivity index (χ1n) is 7.35. The van der Waals surface area contributed by atoms with Crippen molar-refractivity contribution in [3.8, 4) is 0 Å². The van der Waals surface area contributed by atoms with Crippen LogP contribution in [0, 0.1) is 0 Å². The molecule has 0 amide bonds. The van der Waals surface area contributed by atoms with E-state index < -0.39 is 11.1 Å². The van der Waals surface area contributed by atoms with Crippen LogP contribution in [0.5, 0.6) is 0 Å². The molecule has 0 atom stereocenters. The summed E-state index contributed by atoms with van der Waals surface area (Å²) >= 11 is 0. The maximum atomic E-state index is 12.4. The van der Waals surface area contributed by atoms with Gasteiger partial charge in [0.05, 0.1) is 11.0 Å². The van der Waals surface area contributed by atoms with Crippen molar-refractivity contribution in [1.29, 1.82) is 0 Å². The van der Waals surface area contributed by atoms with Gasteiger partial charge in [-0.2, -0.15) is 0 Å². The lowest BCUT2D eigenvalue weighted by atomic mass is 9.78. The Morgan fingerprint density at radius 1 is 1.24 bits per heavy atom. The second kappa shape index (κ2) is 4.72. The smallest absolute Gasteiger partial charge is 0.302 e. The maximum Gasteiger partial charge on any atom is 0.317 e. The van der Waals surface area contributed by atoms with E-state index in [1.54, 1.807) is 9.13 Å². The predicted molar refractivity (Wildman–Crippen MR) is 84.9 cm³/mol. The van der Waals surface area contributed by atoms with Gasteiger partial charge < -0.3 is 4.57 Å². The van der Waals surface area contributed by atoms with Crippen LogP contribution in [-0.4, -0.2) is 9.13 Å². The Morgan fingerprint density at radius 3 is 2.71 bits per heavy atom. The minimum Gasteiger partial charge on any atom is -0.302 e. The molecule has 1 aliphatic rings. The van der Waals surface area contributed by atoms with E-state index in [1.807, 2.05) is 31.2 Å². The molecule has 110 valence electrons. The third-order valence-corrected chi connectivity index (χ3v) is 4.46. The molecule has 2 heterocycles. The third kappa shape index (κ3) is 1.97. The molecule has 4 nitrogen and oxygen atoms in total. The van der Waals surface area contributed by atoms with Gasteiger partial charge in [0.25, 0.3) is 0 Å². The van der Waals surface area contributed by atoms with Gasteiger partial charge >= 0.3 is 11.1 Å². The molecule has 0 N–H and O–H groups in total. The molecule has 0 unspecified atom stereocenters. The molecule has 0 saturated heterocycles. The molecule has 0 saturated carbocycles. The Balaban J connectivity index is 2.48. The van der Waals surface area contributed by atoms with Gasteiger partial charge in [0.1, 0.15) is 0 Å². The maximum absolute atomic E-state index is 12.4. The quantitative estimate of drug-likeness (QED) is 0.628. The van der Waals surface area contributed by atoms with Gasteiger partial charge in [-0.3, -0.25) is 14.2 Å². The van der Waals surface area contributed by atoms with E-state index in [-0.39, 0.29) is 5.41 Å². The molecule has 0 radical (unpaired) electrons. The Labute approximate surface area is 123 Å². The molecule has 0 aliphatic carbocycles. The van der Waals surface area contributed by atoms with Gasteiger partial charge in [0, 0.05) is 13.1 Å². The number of allylic oxidation sites excluding steroid dienone is 2. The molecule has 21 heavy (non-hydrogen) atoms. The number of benzene rings is 1. The lowest BCUT2D eigenvalue weighted by Crippen LogP contribution is -2.44. The van der Waals surface area contributed by atoms with Gasteiger partial charge in [-0.1, -0.05) is 38.1 Å². The molecule has 3 rings (SSSR count). The van der Waals surface area contributed by atoms with Gasteiger partial charge in [0.15, 0.2) is 0 Å². The number of para-hydroxylation sites is 1. The average molecular weight is 284 g/mol. The van der Waals surface area contributed by atoms with Crippen molar-refractivity contribution in [2.45, 2.75) is 45.7 Å². The molecule has 0 bridgehead atoms. The zero-order valence-corrected chi connectivity index (χ0v) is 12.7. The first-order valence-corrected chi connectivity index (χ1v) is 7.35. The summed E-state index contributed by atoms with van der Waals surface area (Å²) in [7, 11) is 0. The van der Waals surface area contributed by atoms with E-state index in [0.29, 0.717) is 13.1 Å². The number of aryl methyl sites for hydroxylation is 1. The van der Waals surface area contributed by atoms with Gasteiger partial charge in [0.2, 0.25) is 0 Å². The zero-order chi connectivity index (χ0) is 15.2. The van der Waals surface area contributed by atoms with E-state index in [0.717, 1.165) is 23.0 Å². The molecule has 2 aromatic rings. The lowest BCUT2D eigenvalue weighted by molar-refractivity contribution is 0.414. The van der Waals surface area contributed by atoms with Crippen LogP contribution in [0.25, 0.3) is 11.0 Å². The topological polar surface area (TPSA) is 44.0 Å². The fourth-order valence-electron chi connectivity index (χ4n) is 3.15. The fraction of sp³-hybridized carbons (Fsp3) is 0.412. The van der Waals surface area contributed by atoms with Crippen LogP contribution in [0.1, 0.15) is 32.8 Å². The van der Waals surface area contributed by atoms with Crippen molar-refractivity contribution in [2.24, 2.45) is 0 Å². The SMILES string of the molecule is CC=CCn1c(=O)c(=O)n2c3c(cccc31)C(C)(C)CC2. The van der Waals surface area contributed by atoms with Crippen molar-refractivity contribution in [3.63, 3.8) is 0 Å². The van der Waals surface area contributed by atoms with Crippen molar-refractivity contribution >= 4 is 11.0 Å². The number of nitrogens with zero attached hydrogens (tertiary/aromatic N) is 2. The second-order valence-electron chi connectivity index (χ2n) is 6.25. The molecule has 0 spiro atoms. The summed E-state index contributed by atoms with van der Waals surface area (Å²) in [5, 5.41) is 0. The summed E-state index contributed by atoms with van der Waals surface area (Å²) in [6, 6.07) is 5.98.